The zero-order valence-corrected chi connectivity index (χ0v) is 31.9. The topological polar surface area (TPSA) is 96.8 Å². The third kappa shape index (κ3) is 8.98. The molecule has 8 nitrogen and oxygen atoms in total. The molecule has 0 bridgehead atoms. The van der Waals surface area contributed by atoms with E-state index < -0.39 is 0 Å². The van der Waals surface area contributed by atoms with Crippen molar-refractivity contribution in [3.05, 3.63) is 167 Å². The maximum atomic E-state index is 12.0. The normalized spacial score (nSPS) is 15.4. The highest BCUT2D eigenvalue weighted by Gasteiger charge is 2.24. The van der Waals surface area contributed by atoms with Crippen LogP contribution >= 0.6 is 0 Å². The Morgan fingerprint density at radius 2 is 1.00 bits per heavy atom. The first-order chi connectivity index (χ1) is 27.5. The summed E-state index contributed by atoms with van der Waals surface area (Å²) in [6, 6.07) is 37.1. The van der Waals surface area contributed by atoms with Crippen molar-refractivity contribution in [3.63, 3.8) is 0 Å². The average molecular weight is 747 g/mol. The van der Waals surface area contributed by atoms with Gasteiger partial charge in [0.05, 0.1) is 38.6 Å². The van der Waals surface area contributed by atoms with Gasteiger partial charge < -0.3 is 18.9 Å². The standard InChI is InChI=1S/2C24H23NO3/c2*1-27-24(26)22-11-13-25-16-20(22)8-7-18-12-14-28-23-15-19(9-10-21(18)23)17-5-3-2-4-6-17/h2*2-6,9-11,13,15-16,18H,7-8,12,14H2,1H3/t2*18-/m10/s1. The summed E-state index contributed by atoms with van der Waals surface area (Å²) >= 11 is 0. The van der Waals surface area contributed by atoms with E-state index in [9.17, 15) is 9.59 Å². The van der Waals surface area contributed by atoms with Crippen LogP contribution in [0.1, 0.15) is 80.5 Å². The number of pyridine rings is 2. The number of benzene rings is 4. The molecule has 0 N–H and O–H groups in total. The number of carbonyl (C=O) groups is 2. The van der Waals surface area contributed by atoms with Gasteiger partial charge in [0.15, 0.2) is 0 Å². The monoisotopic (exact) mass is 746 g/mol. The summed E-state index contributed by atoms with van der Waals surface area (Å²) in [7, 11) is 2.82. The fourth-order valence-electron chi connectivity index (χ4n) is 7.68. The SMILES string of the molecule is COC(=O)c1ccncc1CC[C@@H]1CCOc2cc(-c3ccccc3)ccc21.COC(=O)c1ccncc1CC[C@H]1CCOc2cc(-c3ccccc3)ccc21. The molecule has 6 aromatic rings. The second-order valence-corrected chi connectivity index (χ2v) is 14.0. The van der Waals surface area contributed by atoms with E-state index in [2.05, 4.69) is 70.6 Å². The van der Waals surface area contributed by atoms with Crippen LogP contribution in [0.5, 0.6) is 11.5 Å². The maximum absolute atomic E-state index is 12.0. The number of hydrogen-bond donors (Lipinski definition) is 0. The Morgan fingerprint density at radius 1 is 0.571 bits per heavy atom. The Balaban J connectivity index is 0.000000172. The third-order valence-corrected chi connectivity index (χ3v) is 10.7. The van der Waals surface area contributed by atoms with Gasteiger partial charge in [-0.2, -0.15) is 0 Å². The molecule has 0 aliphatic carbocycles. The van der Waals surface area contributed by atoms with E-state index in [1.807, 2.05) is 36.4 Å². The smallest absolute Gasteiger partial charge is 0.338 e. The van der Waals surface area contributed by atoms with Crippen molar-refractivity contribution in [2.24, 2.45) is 0 Å². The minimum atomic E-state index is -0.308. The lowest BCUT2D eigenvalue weighted by Gasteiger charge is -2.26. The van der Waals surface area contributed by atoms with E-state index >= 15 is 0 Å². The third-order valence-electron chi connectivity index (χ3n) is 10.7. The maximum Gasteiger partial charge on any atom is 0.338 e. The first-order valence-electron chi connectivity index (χ1n) is 19.2. The van der Waals surface area contributed by atoms with E-state index in [0.717, 1.165) is 61.2 Å². The lowest BCUT2D eigenvalue weighted by Crippen LogP contribution is -2.15. The molecule has 8 rings (SSSR count). The summed E-state index contributed by atoms with van der Waals surface area (Å²) in [5.74, 6) is 2.13. The number of aromatic nitrogens is 2. The van der Waals surface area contributed by atoms with Crippen LogP contribution in [0.25, 0.3) is 22.3 Å². The van der Waals surface area contributed by atoms with Crippen molar-refractivity contribution in [3.8, 4) is 33.8 Å². The van der Waals surface area contributed by atoms with E-state index in [1.54, 1.807) is 36.9 Å². The lowest BCUT2D eigenvalue weighted by molar-refractivity contribution is 0.0590. The van der Waals surface area contributed by atoms with Crippen LogP contribution in [0.15, 0.2) is 134 Å². The highest BCUT2D eigenvalue weighted by atomic mass is 16.5. The van der Waals surface area contributed by atoms with Crippen LogP contribution in [0.3, 0.4) is 0 Å². The minimum absolute atomic E-state index is 0.308. The molecule has 2 atom stereocenters. The number of esters is 2. The molecule has 2 aromatic heterocycles. The molecule has 4 aromatic carbocycles. The largest absolute Gasteiger partial charge is 0.493 e. The molecule has 0 saturated heterocycles. The van der Waals surface area contributed by atoms with Crippen molar-refractivity contribution in [2.75, 3.05) is 27.4 Å². The summed E-state index contributed by atoms with van der Waals surface area (Å²) in [6.07, 6.45) is 12.2. The van der Waals surface area contributed by atoms with Gasteiger partial charge in [0.2, 0.25) is 0 Å². The van der Waals surface area contributed by atoms with Crippen molar-refractivity contribution in [1.82, 2.24) is 9.97 Å². The van der Waals surface area contributed by atoms with Gasteiger partial charge in [0.25, 0.3) is 0 Å². The van der Waals surface area contributed by atoms with Crippen molar-refractivity contribution in [2.45, 2.75) is 50.4 Å². The number of nitrogens with zero attached hydrogens (tertiary/aromatic N) is 2. The Bertz CT molecular complexity index is 2100. The predicted octanol–water partition coefficient (Wildman–Crippen LogP) is 10.1. The van der Waals surface area contributed by atoms with Crippen molar-refractivity contribution in [1.29, 1.82) is 0 Å². The van der Waals surface area contributed by atoms with E-state index in [4.69, 9.17) is 18.9 Å². The van der Waals surface area contributed by atoms with Crippen LogP contribution in [0.4, 0.5) is 0 Å². The fraction of sp³-hybridized carbons (Fsp3) is 0.250. The van der Waals surface area contributed by atoms with Gasteiger partial charge in [-0.25, -0.2) is 9.59 Å². The molecule has 4 heterocycles. The van der Waals surface area contributed by atoms with Crippen molar-refractivity contribution < 1.29 is 28.5 Å². The highest BCUT2D eigenvalue weighted by Crippen LogP contribution is 2.40. The van der Waals surface area contributed by atoms with Crippen molar-refractivity contribution >= 4 is 11.9 Å². The molecule has 0 saturated carbocycles. The number of hydrogen-bond acceptors (Lipinski definition) is 8. The number of methoxy groups -OCH3 is 2. The van der Waals surface area contributed by atoms with Crippen LogP contribution < -0.4 is 9.47 Å². The summed E-state index contributed by atoms with van der Waals surface area (Å²) in [6.45, 7) is 1.43. The van der Waals surface area contributed by atoms with E-state index in [0.29, 0.717) is 36.2 Å². The minimum Gasteiger partial charge on any atom is -0.493 e. The Labute approximate surface area is 328 Å². The predicted molar refractivity (Wildman–Crippen MR) is 217 cm³/mol. The zero-order valence-electron chi connectivity index (χ0n) is 31.9. The van der Waals surface area contributed by atoms with Gasteiger partial charge in [-0.05, 0) is 119 Å². The molecule has 284 valence electrons. The molecule has 2 aliphatic heterocycles. The molecule has 0 radical (unpaired) electrons. The molecule has 0 unspecified atom stereocenters. The molecule has 2 aliphatic rings. The number of fused-ring (bicyclic) bond motifs is 2. The van der Waals surface area contributed by atoms with Gasteiger partial charge in [-0.1, -0.05) is 84.9 Å². The van der Waals surface area contributed by atoms with E-state index in [-0.39, 0.29) is 11.9 Å². The van der Waals surface area contributed by atoms with Crippen LogP contribution in [0.2, 0.25) is 0 Å². The zero-order chi connectivity index (χ0) is 38.7. The lowest BCUT2D eigenvalue weighted by atomic mass is 9.86. The Hall–Kier alpha value is -6.28. The quantitative estimate of drug-likeness (QED) is 0.128. The van der Waals surface area contributed by atoms with E-state index in [1.165, 1.54) is 47.6 Å². The Kier molecular flexibility index (Phi) is 12.5. The van der Waals surface area contributed by atoms with Crippen LogP contribution in [0, 0.1) is 0 Å². The summed E-state index contributed by atoms with van der Waals surface area (Å²) in [5.41, 5.74) is 10.3. The summed E-state index contributed by atoms with van der Waals surface area (Å²) in [4.78, 5) is 32.3. The summed E-state index contributed by atoms with van der Waals surface area (Å²) < 4.78 is 21.7. The first kappa shape index (κ1) is 38.0. The van der Waals surface area contributed by atoms with Gasteiger partial charge in [0.1, 0.15) is 11.5 Å². The molecule has 0 spiro atoms. The average Bonchev–Trinajstić information content (AvgIpc) is 3.27. The number of rotatable bonds is 10. The van der Waals surface area contributed by atoms with Gasteiger partial charge >= 0.3 is 11.9 Å². The van der Waals surface area contributed by atoms with Gasteiger partial charge in [-0.15, -0.1) is 0 Å². The number of ether oxygens (including phenoxy) is 4. The molecular weight excluding hydrogens is 701 g/mol. The van der Waals surface area contributed by atoms with Gasteiger partial charge in [-0.3, -0.25) is 9.97 Å². The first-order valence-corrected chi connectivity index (χ1v) is 19.2. The summed E-state index contributed by atoms with van der Waals surface area (Å²) in [5, 5.41) is 0. The second kappa shape index (κ2) is 18.4. The van der Waals surface area contributed by atoms with Crippen LogP contribution in [-0.4, -0.2) is 49.3 Å². The fourth-order valence-corrected chi connectivity index (χ4v) is 7.68. The number of carbonyl (C=O) groups excluding carboxylic acids is 2. The van der Waals surface area contributed by atoms with Gasteiger partial charge in [0, 0.05) is 24.8 Å². The van der Waals surface area contributed by atoms with Crippen LogP contribution in [-0.2, 0) is 22.3 Å². The number of aryl methyl sites for hydroxylation is 2. The molecule has 8 heteroatoms. The second-order valence-electron chi connectivity index (χ2n) is 14.0. The highest BCUT2D eigenvalue weighted by molar-refractivity contribution is 5.91. The Morgan fingerprint density at radius 3 is 1.41 bits per heavy atom. The molecule has 56 heavy (non-hydrogen) atoms. The molecule has 0 amide bonds. The molecular formula is C48H46N2O6. The molecule has 0 fully saturated rings.